The van der Waals surface area contributed by atoms with Crippen molar-refractivity contribution in [2.75, 3.05) is 13.1 Å². The lowest BCUT2D eigenvalue weighted by Gasteiger charge is -2.38. The van der Waals surface area contributed by atoms with Crippen LogP contribution in [0.2, 0.25) is 0 Å². The quantitative estimate of drug-likeness (QED) is 0.0514. The van der Waals surface area contributed by atoms with Gasteiger partial charge in [-0.2, -0.15) is 0 Å². The zero-order valence-electron chi connectivity index (χ0n) is 45.0. The highest BCUT2D eigenvalue weighted by Gasteiger charge is 2.70. The topological polar surface area (TPSA) is 262 Å². The van der Waals surface area contributed by atoms with Gasteiger partial charge in [0.25, 0.3) is 11.8 Å². The summed E-state index contributed by atoms with van der Waals surface area (Å²) in [4.78, 5) is 118. The van der Waals surface area contributed by atoms with E-state index in [0.717, 1.165) is 25.7 Å². The van der Waals surface area contributed by atoms with Crippen molar-refractivity contribution < 1.29 is 43.2 Å². The predicted octanol–water partition coefficient (Wildman–Crippen LogP) is 7.46. The molecule has 6 rings (SSSR count). The molecule has 2 heterocycles. The van der Waals surface area contributed by atoms with Gasteiger partial charge in [-0.15, -0.1) is 12.4 Å². The Morgan fingerprint density at radius 3 is 1.25 bits per heavy atom. The molecule has 8 unspecified atom stereocenters. The number of Topliss-reactive ketones (excluding diaryl/α,β-unsaturated/α-hetero) is 4. The number of rotatable bonds is 18. The second-order valence-electron chi connectivity index (χ2n) is 25.8. The molecule has 10 atom stereocenters. The molecule has 20 heteroatoms. The summed E-state index contributed by atoms with van der Waals surface area (Å²) >= 11 is 7.24. The van der Waals surface area contributed by atoms with Crippen LogP contribution in [0.1, 0.15) is 155 Å². The molecule has 4 saturated carbocycles. The number of ketones is 4. The van der Waals surface area contributed by atoms with Crippen LogP contribution < -0.4 is 27.8 Å². The van der Waals surface area contributed by atoms with Gasteiger partial charge in [0.05, 0.1) is 18.1 Å². The third-order valence-electron chi connectivity index (χ3n) is 15.9. The fourth-order valence-corrected chi connectivity index (χ4v) is 10.8. The molecule has 410 valence electrons. The van der Waals surface area contributed by atoms with Gasteiger partial charge in [0, 0.05) is 43.3 Å². The maximum atomic E-state index is 13.9. The van der Waals surface area contributed by atoms with E-state index in [1.54, 1.807) is 9.80 Å². The van der Waals surface area contributed by atoms with Crippen LogP contribution in [-0.4, -0.2) is 105 Å². The zero-order chi connectivity index (χ0) is 54.5. The predicted molar refractivity (Wildman–Crippen MR) is 306 cm³/mol. The number of carbonyl (C=O) groups is 9. The van der Waals surface area contributed by atoms with Gasteiger partial charge in [-0.1, -0.05) is 170 Å². The minimum absolute atomic E-state index is 0. The normalized spacial score (nSPS) is 26.2. The maximum Gasteiger partial charge on any atom is 0.315 e. The number of hydrogen-bond acceptors (Lipinski definition) is 10. The van der Waals surface area contributed by atoms with Crippen LogP contribution in [0.5, 0.6) is 0 Å². The maximum absolute atomic E-state index is 13.9. The second-order valence-corrected chi connectivity index (χ2v) is 37.5. The molecule has 0 aromatic carbocycles. The molecule has 0 aromatic rings. The smallest absolute Gasteiger partial charge is 0.315 e. The fraction of sp³-hybridized carbons (Fsp3) is 0.827. The third kappa shape index (κ3) is 16.6. The number of primary amides is 2. The number of nitrogens with zero attached hydrogens (tertiary/aromatic N) is 2. The highest BCUT2D eigenvalue weighted by molar-refractivity contribution is 14.3. The van der Waals surface area contributed by atoms with Crippen molar-refractivity contribution in [1.82, 2.24) is 20.4 Å². The Bertz CT molecular complexity index is 2090. The standard InChI is InChI=1S/C27H44N4O5.C22H35N3O4.C3H5I3.ClH/c1-25(2,3)21(29-24(36)30-26(4,5)6)23(35)31-13-16-18(27(16,7)8)19(31)17(32)12-15(11-14-9-10-14)20(33)22(28)34;1-21(2,3)18(23)20(29)25-10-13-15(22(13,4)5)16(25)14(26)9-12(8-11-6-7-11)17(27)19(24)28;1-2-3(4,5)6;/h14-16,18-19,21H,9-13H2,1-8H3,(H2,28,34)(H2,29,30,36);11-13,15-16,18H,6-10,23H2,1-5H3,(H2,24,28);2H2,1H3;1H/t15?,16?,18-,19?,21?;12?,13?,15-,16?,18?;;/m00../s1. The number of carbonyl (C=O) groups excluding carboxylic acids is 9. The third-order valence-corrected chi connectivity index (χ3v) is 18.2. The van der Waals surface area contributed by atoms with Gasteiger partial charge >= 0.3 is 6.03 Å². The molecule has 0 aromatic heterocycles. The fourth-order valence-electron chi connectivity index (χ4n) is 10.8. The van der Waals surface area contributed by atoms with Gasteiger partial charge in [0.2, 0.25) is 23.4 Å². The van der Waals surface area contributed by atoms with E-state index in [4.69, 9.17) is 17.2 Å². The van der Waals surface area contributed by atoms with E-state index in [-0.39, 0.29) is 83.1 Å². The Morgan fingerprint density at radius 2 is 0.972 bits per heavy atom. The second kappa shape index (κ2) is 23.9. The largest absolute Gasteiger partial charge is 0.363 e. The molecule has 0 spiro atoms. The lowest BCUT2D eigenvalue weighted by atomic mass is 9.84. The van der Waals surface area contributed by atoms with Crippen molar-refractivity contribution >= 4 is 133 Å². The van der Waals surface area contributed by atoms with Gasteiger partial charge in [0.1, 0.15) is 5.48 Å². The summed E-state index contributed by atoms with van der Waals surface area (Å²) in [6, 6.07) is -3.24. The monoisotopic (exact) mass is 1370 g/mol. The molecule has 72 heavy (non-hydrogen) atoms. The Balaban J connectivity index is 0.000000343. The number of nitrogens with two attached hydrogens (primary N) is 3. The zero-order valence-corrected chi connectivity index (χ0v) is 52.3. The number of nitrogens with one attached hydrogen (secondary N) is 2. The van der Waals surface area contributed by atoms with Crippen molar-refractivity contribution in [3.63, 3.8) is 0 Å². The molecule has 6 amide bonds. The number of alkyl halides is 3. The first-order valence-electron chi connectivity index (χ1n) is 25.4. The van der Waals surface area contributed by atoms with Gasteiger partial charge in [0.15, 0.2) is 11.6 Å². The highest BCUT2D eigenvalue weighted by atomic mass is 127. The van der Waals surface area contributed by atoms with Crippen molar-refractivity contribution in [1.29, 1.82) is 0 Å². The number of urea groups is 1. The van der Waals surface area contributed by atoms with E-state index in [0.29, 0.717) is 37.2 Å². The van der Waals surface area contributed by atoms with E-state index < -0.39 is 81.8 Å². The molecule has 8 N–H and O–H groups in total. The summed E-state index contributed by atoms with van der Waals surface area (Å²) in [5.74, 6) is -4.40. The van der Waals surface area contributed by atoms with Crippen molar-refractivity contribution in [3.8, 4) is 0 Å². The summed E-state index contributed by atoms with van der Waals surface area (Å²) in [7, 11) is 0. The van der Waals surface area contributed by atoms with Crippen LogP contribution in [0, 0.1) is 69.0 Å². The van der Waals surface area contributed by atoms with E-state index in [9.17, 15) is 43.2 Å². The molecule has 2 saturated heterocycles. The summed E-state index contributed by atoms with van der Waals surface area (Å²) < 4.78 is 0.452. The molecule has 4 aliphatic carbocycles. The first-order valence-corrected chi connectivity index (χ1v) is 28.6. The summed E-state index contributed by atoms with van der Waals surface area (Å²) in [6.45, 7) is 28.5. The van der Waals surface area contributed by atoms with Crippen molar-refractivity contribution in [2.45, 2.75) is 184 Å². The highest BCUT2D eigenvalue weighted by Crippen LogP contribution is 2.66. The minimum atomic E-state index is -1.01. The number of hydrogen-bond donors (Lipinski definition) is 5. The van der Waals surface area contributed by atoms with E-state index in [1.165, 1.54) is 6.42 Å². The SMILES string of the molecule is CC(C)(C)C(N)C(=O)N1CC2[C@@H](C1C(=O)CC(CC1CC1)C(=O)C(N)=O)C2(C)C.CC(C)(C)NC(=O)NC(C(=O)N1CC2[C@@H](C1C(=O)CC(CC1CC1)C(=O)C(N)=O)C2(C)C)C(C)(C)C.CCC(I)(I)I.Cl. The van der Waals surface area contributed by atoms with Gasteiger partial charge < -0.3 is 37.6 Å². The Kier molecular flexibility index (Phi) is 21.4. The van der Waals surface area contributed by atoms with E-state index in [1.807, 2.05) is 62.3 Å². The summed E-state index contributed by atoms with van der Waals surface area (Å²) in [6.07, 6.45) is 6.11. The molecule has 6 fully saturated rings. The van der Waals surface area contributed by atoms with Gasteiger partial charge in [-0.25, -0.2) is 4.79 Å². The number of amides is 6. The Labute approximate surface area is 475 Å². The minimum Gasteiger partial charge on any atom is -0.363 e. The Morgan fingerprint density at radius 1 is 0.625 bits per heavy atom. The average molecular weight is 1370 g/mol. The number of likely N-dealkylation sites (tertiary alicyclic amines) is 2. The van der Waals surface area contributed by atoms with E-state index in [2.05, 4.69) is 113 Å². The van der Waals surface area contributed by atoms with Crippen LogP contribution in [0.3, 0.4) is 0 Å². The molecule has 16 nitrogen and oxygen atoms in total. The van der Waals surface area contributed by atoms with E-state index >= 15 is 0 Å². The summed E-state index contributed by atoms with van der Waals surface area (Å²) in [5.41, 5.74) is 15.1. The van der Waals surface area contributed by atoms with Crippen LogP contribution in [-0.2, 0) is 38.4 Å². The van der Waals surface area contributed by atoms with Crippen molar-refractivity contribution in [3.05, 3.63) is 0 Å². The molecule has 2 aliphatic heterocycles. The number of fused-ring (bicyclic) bond motifs is 2. The molecule has 0 bridgehead atoms. The number of halogens is 4. The number of piperidine rings is 2. The Hall–Kier alpha value is -1.73. The average Bonchev–Trinajstić information content (AvgIpc) is 4.20. The van der Waals surface area contributed by atoms with Crippen LogP contribution in [0.15, 0.2) is 0 Å². The molecular formula is C52H85ClI3N7O9. The lowest BCUT2D eigenvalue weighted by molar-refractivity contribution is -0.144. The van der Waals surface area contributed by atoms with Crippen LogP contribution in [0.25, 0.3) is 0 Å². The van der Waals surface area contributed by atoms with Crippen molar-refractivity contribution in [2.24, 2.45) is 86.2 Å². The van der Waals surface area contributed by atoms with Gasteiger partial charge in [-0.3, -0.25) is 38.4 Å². The first kappa shape index (κ1) is 64.6. The molecule has 0 radical (unpaired) electrons. The molecular weight excluding hydrogens is 1280 g/mol. The lowest BCUT2D eigenvalue weighted by Crippen LogP contribution is -2.60. The summed E-state index contributed by atoms with van der Waals surface area (Å²) in [5, 5.41) is 5.68. The molecule has 6 aliphatic rings. The first-order chi connectivity index (χ1) is 32.2. The van der Waals surface area contributed by atoms with Crippen LogP contribution >= 0.6 is 80.2 Å². The van der Waals surface area contributed by atoms with Crippen LogP contribution in [0.4, 0.5) is 4.79 Å². The van der Waals surface area contributed by atoms with Gasteiger partial charge in [-0.05, 0) is 97.2 Å².